The van der Waals surface area contributed by atoms with Gasteiger partial charge in [-0.15, -0.1) is 0 Å². The van der Waals surface area contributed by atoms with E-state index in [4.69, 9.17) is 10.9 Å². The Kier molecular flexibility index (Phi) is 3.65. The minimum atomic E-state index is -1.05. The molecule has 0 aliphatic rings. The molecule has 0 fully saturated rings. The van der Waals surface area contributed by atoms with E-state index < -0.39 is 17.1 Å². The Hall–Kier alpha value is -3.75. The summed E-state index contributed by atoms with van der Waals surface area (Å²) in [5.41, 5.74) is 6.28. The minimum absolute atomic E-state index is 0.118. The molecule has 0 bridgehead atoms. The van der Waals surface area contributed by atoms with Crippen LogP contribution in [0.1, 0.15) is 11.3 Å². The Labute approximate surface area is 150 Å². The van der Waals surface area contributed by atoms with Gasteiger partial charge in [0.05, 0.1) is 11.1 Å². The highest BCUT2D eigenvalue weighted by Gasteiger charge is 2.22. The Morgan fingerprint density at radius 1 is 1.19 bits per heavy atom. The highest BCUT2D eigenvalue weighted by molar-refractivity contribution is 6.11. The molecule has 27 heavy (non-hydrogen) atoms. The van der Waals surface area contributed by atoms with E-state index >= 15 is 0 Å². The van der Waals surface area contributed by atoms with Crippen molar-refractivity contribution in [2.45, 2.75) is 6.92 Å². The van der Waals surface area contributed by atoms with Gasteiger partial charge in [-0.25, -0.2) is 13.8 Å². The highest BCUT2D eigenvalue weighted by atomic mass is 19.1. The lowest BCUT2D eigenvalue weighted by atomic mass is 9.98. The molecule has 0 atom stereocenters. The smallest absolute Gasteiger partial charge is 0.217 e. The predicted molar refractivity (Wildman–Crippen MR) is 96.8 cm³/mol. The summed E-state index contributed by atoms with van der Waals surface area (Å²) in [5, 5.41) is 17.4. The highest BCUT2D eigenvalue weighted by Crippen LogP contribution is 2.35. The Balaban J connectivity index is 2.19. The van der Waals surface area contributed by atoms with Crippen LogP contribution in [0.4, 0.5) is 8.78 Å². The molecule has 2 heterocycles. The SMILES string of the molecule is Cc1[nH][nH]c2nc(-c3cccc(/C(N)=N\O)c3)c3c(F)cc(=O)c(F)c3c12. The second-order valence-electron chi connectivity index (χ2n) is 6.05. The number of hydrogen-bond donors (Lipinski definition) is 4. The lowest BCUT2D eigenvalue weighted by molar-refractivity contribution is 0.318. The normalized spacial score (nSPS) is 12.2. The van der Waals surface area contributed by atoms with Crippen molar-refractivity contribution < 1.29 is 14.0 Å². The summed E-state index contributed by atoms with van der Waals surface area (Å²) in [7, 11) is 0. The number of nitrogens with zero attached hydrogens (tertiary/aromatic N) is 2. The summed E-state index contributed by atoms with van der Waals surface area (Å²) in [6.45, 7) is 1.66. The summed E-state index contributed by atoms with van der Waals surface area (Å²) >= 11 is 0. The van der Waals surface area contributed by atoms with Gasteiger partial charge in [0, 0.05) is 33.7 Å². The van der Waals surface area contributed by atoms with Crippen molar-refractivity contribution in [3.05, 3.63) is 63.4 Å². The Bertz CT molecular complexity index is 1310. The van der Waals surface area contributed by atoms with E-state index in [2.05, 4.69) is 20.3 Å². The number of H-pyrrole nitrogens is 2. The van der Waals surface area contributed by atoms with Gasteiger partial charge in [-0.2, -0.15) is 0 Å². The number of nitrogens with one attached hydrogen (secondary N) is 2. The number of aromatic nitrogens is 3. The summed E-state index contributed by atoms with van der Waals surface area (Å²) in [6.07, 6.45) is 0. The molecule has 0 saturated heterocycles. The average Bonchev–Trinajstić information content (AvgIpc) is 3.05. The van der Waals surface area contributed by atoms with Gasteiger partial charge in [0.2, 0.25) is 5.43 Å². The lowest BCUT2D eigenvalue weighted by Crippen LogP contribution is -2.13. The van der Waals surface area contributed by atoms with Crippen LogP contribution in [-0.2, 0) is 0 Å². The Morgan fingerprint density at radius 2 is 1.96 bits per heavy atom. The van der Waals surface area contributed by atoms with E-state index in [0.717, 1.165) is 0 Å². The standard InChI is InChI=1S/C18H13F2N5O2/c1-7-12-14-13(10(19)6-11(26)15(14)20)16(22-18(12)24-23-7)8-3-2-4-9(5-8)17(21)25-27/h2-6,27H,1H3,(H2,21,25)(H2,22,23,24). The first-order valence-electron chi connectivity index (χ1n) is 7.89. The van der Waals surface area contributed by atoms with E-state index in [0.29, 0.717) is 28.3 Å². The molecule has 5 N–H and O–H groups in total. The van der Waals surface area contributed by atoms with Crippen molar-refractivity contribution in [1.82, 2.24) is 15.2 Å². The number of oxime groups is 1. The average molecular weight is 369 g/mol. The van der Waals surface area contributed by atoms with E-state index in [9.17, 15) is 13.6 Å². The molecule has 0 unspecified atom stereocenters. The van der Waals surface area contributed by atoms with Crippen molar-refractivity contribution in [3.63, 3.8) is 0 Å². The summed E-state index contributed by atoms with van der Waals surface area (Å²) in [4.78, 5) is 16.3. The van der Waals surface area contributed by atoms with Crippen LogP contribution < -0.4 is 11.2 Å². The second kappa shape index (κ2) is 5.90. The van der Waals surface area contributed by atoms with Crippen LogP contribution >= 0.6 is 0 Å². The molecular weight excluding hydrogens is 356 g/mol. The first-order valence-corrected chi connectivity index (χ1v) is 7.89. The summed E-state index contributed by atoms with van der Waals surface area (Å²) in [5.74, 6) is -2.07. The number of hydrogen-bond acceptors (Lipinski definition) is 4. The molecule has 4 aromatic rings. The predicted octanol–water partition coefficient (Wildman–Crippen LogP) is 2.75. The molecule has 0 amide bonds. The molecule has 136 valence electrons. The fourth-order valence-corrected chi connectivity index (χ4v) is 3.17. The summed E-state index contributed by atoms with van der Waals surface area (Å²) < 4.78 is 29.5. The maximum Gasteiger partial charge on any atom is 0.217 e. The zero-order valence-corrected chi connectivity index (χ0v) is 14.0. The first-order chi connectivity index (χ1) is 12.9. The molecule has 0 aliphatic carbocycles. The van der Waals surface area contributed by atoms with Gasteiger partial charge in [0.25, 0.3) is 0 Å². The number of nitrogens with two attached hydrogens (primary N) is 1. The third-order valence-corrected chi connectivity index (χ3v) is 4.41. The molecular formula is C18H13F2N5O2. The third kappa shape index (κ3) is 2.43. The van der Waals surface area contributed by atoms with Gasteiger partial charge >= 0.3 is 0 Å². The van der Waals surface area contributed by atoms with Gasteiger partial charge in [0.1, 0.15) is 5.82 Å². The van der Waals surface area contributed by atoms with Crippen LogP contribution in [0.5, 0.6) is 0 Å². The van der Waals surface area contributed by atoms with Gasteiger partial charge in [-0.1, -0.05) is 23.4 Å². The third-order valence-electron chi connectivity index (χ3n) is 4.41. The zero-order valence-electron chi connectivity index (χ0n) is 14.0. The number of halogens is 2. The molecule has 4 rings (SSSR count). The van der Waals surface area contributed by atoms with Crippen molar-refractivity contribution in [2.75, 3.05) is 0 Å². The van der Waals surface area contributed by atoms with Crippen LogP contribution in [0, 0.1) is 18.6 Å². The van der Waals surface area contributed by atoms with E-state index in [1.54, 1.807) is 25.1 Å². The van der Waals surface area contributed by atoms with Crippen LogP contribution in [-0.4, -0.2) is 26.2 Å². The number of fused-ring (bicyclic) bond motifs is 3. The zero-order chi connectivity index (χ0) is 19.3. The number of amidine groups is 1. The molecule has 0 aliphatic heterocycles. The topological polar surface area (TPSA) is 120 Å². The maximum absolute atomic E-state index is 14.7. The second-order valence-corrected chi connectivity index (χ2v) is 6.05. The first kappa shape index (κ1) is 16.7. The van der Waals surface area contributed by atoms with Gasteiger partial charge in [-0.05, 0) is 13.0 Å². The Morgan fingerprint density at radius 3 is 2.70 bits per heavy atom. The number of aryl methyl sites for hydroxylation is 1. The quantitative estimate of drug-likeness (QED) is 0.188. The maximum atomic E-state index is 14.7. The van der Waals surface area contributed by atoms with Crippen molar-refractivity contribution in [2.24, 2.45) is 10.9 Å². The van der Waals surface area contributed by atoms with Crippen LogP contribution in [0.2, 0.25) is 0 Å². The van der Waals surface area contributed by atoms with Crippen LogP contribution in [0.3, 0.4) is 0 Å². The number of aromatic amines is 2. The largest absolute Gasteiger partial charge is 0.409 e. The lowest BCUT2D eigenvalue weighted by Gasteiger charge is -2.10. The van der Waals surface area contributed by atoms with Gasteiger partial charge in [0.15, 0.2) is 17.3 Å². The van der Waals surface area contributed by atoms with E-state index in [-0.39, 0.29) is 27.9 Å². The van der Waals surface area contributed by atoms with Gasteiger partial charge in [-0.3, -0.25) is 9.89 Å². The van der Waals surface area contributed by atoms with E-state index in [1.165, 1.54) is 6.07 Å². The molecule has 2 aromatic heterocycles. The van der Waals surface area contributed by atoms with Crippen molar-refractivity contribution >= 4 is 27.6 Å². The van der Waals surface area contributed by atoms with E-state index in [1.807, 2.05) is 0 Å². The van der Waals surface area contributed by atoms with Crippen molar-refractivity contribution in [1.29, 1.82) is 0 Å². The molecule has 0 radical (unpaired) electrons. The number of rotatable bonds is 2. The van der Waals surface area contributed by atoms with Crippen LogP contribution in [0.25, 0.3) is 33.1 Å². The molecule has 9 heteroatoms. The fourth-order valence-electron chi connectivity index (χ4n) is 3.17. The summed E-state index contributed by atoms with van der Waals surface area (Å²) in [6, 6.07) is 6.98. The molecule has 0 spiro atoms. The fraction of sp³-hybridized carbons (Fsp3) is 0.0556. The van der Waals surface area contributed by atoms with Gasteiger partial charge < -0.3 is 16.0 Å². The number of pyridine rings is 1. The monoisotopic (exact) mass is 369 g/mol. The molecule has 0 saturated carbocycles. The minimum Gasteiger partial charge on any atom is -0.409 e. The molecule has 7 nitrogen and oxygen atoms in total. The van der Waals surface area contributed by atoms with Crippen LogP contribution in [0.15, 0.2) is 40.3 Å². The number of benzene rings is 2. The molecule has 2 aromatic carbocycles. The van der Waals surface area contributed by atoms with Crippen molar-refractivity contribution in [3.8, 4) is 11.3 Å².